The largest absolute Gasteiger partial charge is 0.393 e. The van der Waals surface area contributed by atoms with E-state index in [0.717, 1.165) is 69.8 Å². The topological polar surface area (TPSA) is 234 Å². The monoisotopic (exact) mass is 1210 g/mol. The van der Waals surface area contributed by atoms with Gasteiger partial charge < -0.3 is 69.3 Å². The van der Waals surface area contributed by atoms with Gasteiger partial charge in [0, 0.05) is 71.3 Å². The van der Waals surface area contributed by atoms with Crippen LogP contribution < -0.4 is 0 Å². The van der Waals surface area contributed by atoms with Crippen molar-refractivity contribution in [2.24, 2.45) is 5.92 Å². The number of hydrogen-bond donors (Lipinski definition) is 8. The van der Waals surface area contributed by atoms with E-state index in [-0.39, 0.29) is 62.4 Å². The normalized spacial score (nSPS) is 31.3. The van der Waals surface area contributed by atoms with Gasteiger partial charge in [0.2, 0.25) is 0 Å². The molecule has 15 heteroatoms. The number of rotatable bonds is 49. The number of ketones is 1. The number of ether oxygens (including phenoxy) is 6. The fourth-order valence-electron chi connectivity index (χ4n) is 14.7. The van der Waals surface area contributed by atoms with Crippen LogP contribution in [0.5, 0.6) is 0 Å². The molecule has 5 rings (SSSR count). The van der Waals surface area contributed by atoms with Crippen LogP contribution in [0.15, 0.2) is 24.8 Å². The van der Waals surface area contributed by atoms with Crippen molar-refractivity contribution in [1.82, 2.24) is 0 Å². The van der Waals surface area contributed by atoms with E-state index in [2.05, 4.69) is 27.0 Å². The Labute approximate surface area is 515 Å². The quantitative estimate of drug-likeness (QED) is 0.0209. The van der Waals surface area contributed by atoms with Crippen molar-refractivity contribution < 1.29 is 74.1 Å². The van der Waals surface area contributed by atoms with Crippen molar-refractivity contribution in [2.75, 3.05) is 7.11 Å². The van der Waals surface area contributed by atoms with Crippen molar-refractivity contribution in [3.05, 3.63) is 24.8 Å². The lowest BCUT2D eigenvalue weighted by Gasteiger charge is -2.43. The summed E-state index contributed by atoms with van der Waals surface area (Å²) in [6, 6.07) is 0. The summed E-state index contributed by atoms with van der Waals surface area (Å²) in [5, 5.41) is 88.4. The number of carbonyl (C=O) groups excluding carboxylic acids is 1. The first kappa shape index (κ1) is 74.3. The maximum atomic E-state index is 12.8. The van der Waals surface area contributed by atoms with Crippen LogP contribution in [0.25, 0.3) is 0 Å². The smallest absolute Gasteiger partial charge is 0.171 e. The van der Waals surface area contributed by atoms with Crippen LogP contribution in [0.1, 0.15) is 296 Å². The van der Waals surface area contributed by atoms with E-state index in [1.807, 2.05) is 6.08 Å². The van der Waals surface area contributed by atoms with E-state index >= 15 is 0 Å². The van der Waals surface area contributed by atoms with Gasteiger partial charge in [-0.05, 0) is 70.1 Å². The van der Waals surface area contributed by atoms with E-state index in [9.17, 15) is 45.6 Å². The molecule has 0 amide bonds. The van der Waals surface area contributed by atoms with Crippen LogP contribution in [-0.4, -0.2) is 157 Å². The molecule has 8 N–H and O–H groups in total. The van der Waals surface area contributed by atoms with Gasteiger partial charge in [0.1, 0.15) is 24.1 Å². The molecule has 5 saturated heterocycles. The fourth-order valence-corrected chi connectivity index (χ4v) is 14.7. The maximum absolute atomic E-state index is 12.8. The highest BCUT2D eigenvalue weighted by molar-refractivity contribution is 5.79. The van der Waals surface area contributed by atoms with Crippen LogP contribution in [0, 0.1) is 5.92 Å². The van der Waals surface area contributed by atoms with Gasteiger partial charge in [0.25, 0.3) is 0 Å². The van der Waals surface area contributed by atoms with Crippen molar-refractivity contribution in [1.29, 1.82) is 0 Å². The molecule has 0 aliphatic carbocycles. The Balaban J connectivity index is 0.884. The first-order valence-corrected chi connectivity index (χ1v) is 35.1. The van der Waals surface area contributed by atoms with E-state index in [1.165, 1.54) is 155 Å². The number of allylic oxidation sites excluding steroid dienone is 1. The van der Waals surface area contributed by atoms with Crippen LogP contribution in [0.4, 0.5) is 0 Å². The van der Waals surface area contributed by atoms with Crippen LogP contribution >= 0.6 is 0 Å². The molecular formula is C70H126O15. The summed E-state index contributed by atoms with van der Waals surface area (Å²) in [6.07, 6.45) is 31.8. The molecule has 0 aromatic carbocycles. The molecule has 0 unspecified atom stereocenters. The molecule has 18 atom stereocenters. The minimum atomic E-state index is -1.32. The SMILES string of the molecule is C=CCCCCCCCCCCCCCCCCCCCCC[C@H]1CC[C@]2(C[C@@H](O)[C@H](C[C@@H](O)C[C@@H](C)CCC[C@@H]3CC[C@@]4(C[C@@H](O)[C@H](C[C@@H](O)C[C@H]5O[C@@H](C[C@@H](O)CC(=O)C[C@@H](O)CC(=C)CCCCCCC)[C@H](O)[C@@H](OC)[C@@H]5O)O4)O3)O2)O1. The molecule has 5 aliphatic rings. The third-order valence-corrected chi connectivity index (χ3v) is 19.6. The van der Waals surface area contributed by atoms with Gasteiger partial charge in [-0.1, -0.05) is 186 Å². The Morgan fingerprint density at radius 1 is 0.553 bits per heavy atom. The average molecular weight is 1210 g/mol. The number of carbonyl (C=O) groups is 1. The standard InChI is InChI=1S/C70H126O15/c1-6-8-10-12-13-14-15-16-17-18-19-20-21-22-23-24-25-26-27-29-31-35-58-37-39-69(82-58)49-60(76)62(84-69)45-54(72)42-52(4)34-32-36-59-38-40-70(83-59)50-61(77)63(85-70)46-57(75)48-65-67(79)68(80-5)66(78)64(81-65)47-56(74)44-55(73)43-53(71)41-51(3)33-30-28-11-9-7-2/h6,52-54,56-68,71-72,74-79H,1,3,7-50H2,2,4-5H3/t52-,53-,54-,56-,57+,58-,59+,60+,61+,62-,63-,64-,65+,66-,67+,68+,69-,70+/m0/s1. The predicted octanol–water partition coefficient (Wildman–Crippen LogP) is 12.8. The second-order valence-electron chi connectivity index (χ2n) is 27.6. The van der Waals surface area contributed by atoms with Crippen molar-refractivity contribution >= 4 is 5.78 Å². The molecule has 0 bridgehead atoms. The van der Waals surface area contributed by atoms with Gasteiger partial charge in [-0.3, -0.25) is 4.79 Å². The minimum Gasteiger partial charge on any atom is -0.393 e. The number of methoxy groups -OCH3 is 1. The molecule has 0 radical (unpaired) electrons. The van der Waals surface area contributed by atoms with E-state index in [0.29, 0.717) is 32.1 Å². The second kappa shape index (κ2) is 41.1. The second-order valence-corrected chi connectivity index (χ2v) is 27.6. The molecule has 0 saturated carbocycles. The van der Waals surface area contributed by atoms with Gasteiger partial charge in [-0.2, -0.15) is 0 Å². The first-order chi connectivity index (χ1) is 41.0. The van der Waals surface area contributed by atoms with Gasteiger partial charge in [0.05, 0.1) is 73.2 Å². The Bertz CT molecular complexity index is 1790. The molecule has 85 heavy (non-hydrogen) atoms. The molecular weight excluding hydrogens is 1080 g/mol. The lowest BCUT2D eigenvalue weighted by atomic mass is 9.88. The van der Waals surface area contributed by atoms with Crippen LogP contribution in [0.3, 0.4) is 0 Å². The molecule has 0 aromatic heterocycles. The Hall–Kier alpha value is -1.41. The highest BCUT2D eigenvalue weighted by atomic mass is 16.7. The summed E-state index contributed by atoms with van der Waals surface area (Å²) in [5.74, 6) is -1.75. The van der Waals surface area contributed by atoms with E-state index in [1.54, 1.807) is 0 Å². The molecule has 496 valence electrons. The fraction of sp³-hybridized carbons (Fsp3) is 0.929. The number of aliphatic hydroxyl groups excluding tert-OH is 8. The van der Waals surface area contributed by atoms with Crippen molar-refractivity contribution in [3.8, 4) is 0 Å². The number of Topliss-reactive ketones (excluding diaryl/α,β-unsaturated/α-hetero) is 1. The molecule has 0 aromatic rings. The summed E-state index contributed by atoms with van der Waals surface area (Å²) in [6.45, 7) is 12.2. The van der Waals surface area contributed by atoms with Crippen molar-refractivity contribution in [3.63, 3.8) is 0 Å². The Morgan fingerprint density at radius 3 is 1.49 bits per heavy atom. The zero-order valence-corrected chi connectivity index (χ0v) is 53.8. The summed E-state index contributed by atoms with van der Waals surface area (Å²) >= 11 is 0. The van der Waals surface area contributed by atoms with Gasteiger partial charge in [0.15, 0.2) is 11.6 Å². The number of hydrogen-bond acceptors (Lipinski definition) is 15. The first-order valence-electron chi connectivity index (χ1n) is 35.1. The van der Waals surface area contributed by atoms with Crippen LogP contribution in [0.2, 0.25) is 0 Å². The number of aliphatic hydroxyl groups is 8. The molecule has 2 spiro atoms. The average Bonchev–Trinajstić information content (AvgIpc) is 3.20. The van der Waals surface area contributed by atoms with Gasteiger partial charge in [-0.15, -0.1) is 6.58 Å². The highest BCUT2D eigenvalue weighted by Crippen LogP contribution is 2.46. The lowest BCUT2D eigenvalue weighted by Crippen LogP contribution is -2.59. The molecule has 5 heterocycles. The zero-order valence-electron chi connectivity index (χ0n) is 53.8. The van der Waals surface area contributed by atoms with E-state index in [4.69, 9.17) is 28.4 Å². The van der Waals surface area contributed by atoms with Gasteiger partial charge in [-0.25, -0.2) is 0 Å². The van der Waals surface area contributed by atoms with Gasteiger partial charge >= 0.3 is 0 Å². The summed E-state index contributed by atoms with van der Waals surface area (Å²) < 4.78 is 37.4. The number of unbranched alkanes of at least 4 members (excludes halogenated alkanes) is 23. The molecule has 5 aliphatic heterocycles. The van der Waals surface area contributed by atoms with E-state index < -0.39 is 90.9 Å². The molecule has 5 fully saturated rings. The Morgan fingerprint density at radius 2 is 0.988 bits per heavy atom. The third kappa shape index (κ3) is 27.9. The zero-order chi connectivity index (χ0) is 61.5. The Kier molecular flexibility index (Phi) is 36.0. The minimum absolute atomic E-state index is 0.0508. The van der Waals surface area contributed by atoms with Crippen LogP contribution in [-0.2, 0) is 33.2 Å². The van der Waals surface area contributed by atoms with Crippen molar-refractivity contribution in [2.45, 2.75) is 399 Å². The summed E-state index contributed by atoms with van der Waals surface area (Å²) in [5.41, 5.74) is 0.902. The molecule has 15 nitrogen and oxygen atoms in total. The third-order valence-electron chi connectivity index (χ3n) is 19.6. The lowest BCUT2D eigenvalue weighted by molar-refractivity contribution is -0.241. The maximum Gasteiger partial charge on any atom is 0.171 e. The summed E-state index contributed by atoms with van der Waals surface area (Å²) in [4.78, 5) is 12.8. The summed E-state index contributed by atoms with van der Waals surface area (Å²) in [7, 11) is 1.35. The predicted molar refractivity (Wildman–Crippen MR) is 335 cm³/mol. The highest BCUT2D eigenvalue weighted by Gasteiger charge is 2.53.